The fraction of sp³-hybridized carbons (Fsp3) is 0.240. The number of aromatic amines is 1. The van der Waals surface area contributed by atoms with E-state index in [-0.39, 0.29) is 18.3 Å². The maximum atomic E-state index is 12.5. The van der Waals surface area contributed by atoms with Crippen LogP contribution in [0.1, 0.15) is 6.42 Å². The van der Waals surface area contributed by atoms with E-state index in [9.17, 15) is 4.79 Å². The molecule has 0 atom stereocenters. The van der Waals surface area contributed by atoms with Gasteiger partial charge in [0.15, 0.2) is 0 Å². The SMILES string of the molecule is C=C/C=C(Nc1nnc(-c2c[nH]c3ncc(-c4cnn(C)c4)cc23)o1)\C(Cl)=C/CC(=O)N1CCOCC1. The van der Waals surface area contributed by atoms with Crippen LogP contribution in [-0.2, 0) is 16.6 Å². The second-order valence-electron chi connectivity index (χ2n) is 8.33. The third-order valence-electron chi connectivity index (χ3n) is 5.83. The van der Waals surface area contributed by atoms with Crippen LogP contribution in [-0.4, -0.2) is 67.1 Å². The molecule has 0 aliphatic carbocycles. The minimum absolute atomic E-state index is 0.0157. The Morgan fingerprint density at radius 3 is 2.86 bits per heavy atom. The Labute approximate surface area is 217 Å². The summed E-state index contributed by atoms with van der Waals surface area (Å²) in [5.74, 6) is 0.289. The number of aryl methyl sites for hydroxylation is 1. The first kappa shape index (κ1) is 24.5. The van der Waals surface area contributed by atoms with Gasteiger partial charge in [-0.1, -0.05) is 35.4 Å². The van der Waals surface area contributed by atoms with E-state index in [0.717, 1.165) is 16.5 Å². The van der Waals surface area contributed by atoms with Crippen LogP contribution in [0.5, 0.6) is 0 Å². The lowest BCUT2D eigenvalue weighted by molar-refractivity contribution is -0.134. The van der Waals surface area contributed by atoms with Crippen molar-refractivity contribution in [2.75, 3.05) is 31.6 Å². The average Bonchev–Trinajstić information content (AvgIpc) is 3.66. The minimum Gasteiger partial charge on any atom is -0.403 e. The van der Waals surface area contributed by atoms with E-state index in [4.69, 9.17) is 20.8 Å². The average molecular weight is 521 g/mol. The second-order valence-corrected chi connectivity index (χ2v) is 8.74. The number of anilines is 1. The van der Waals surface area contributed by atoms with E-state index < -0.39 is 0 Å². The molecule has 5 heterocycles. The van der Waals surface area contributed by atoms with E-state index in [0.29, 0.717) is 54.1 Å². The lowest BCUT2D eigenvalue weighted by Gasteiger charge is -2.26. The Bertz CT molecular complexity index is 1490. The Kier molecular flexibility index (Phi) is 7.15. The number of rotatable bonds is 8. The van der Waals surface area contributed by atoms with Crippen molar-refractivity contribution in [3.63, 3.8) is 0 Å². The summed E-state index contributed by atoms with van der Waals surface area (Å²) in [5, 5.41) is 16.7. The first-order chi connectivity index (χ1) is 18.0. The highest BCUT2D eigenvalue weighted by molar-refractivity contribution is 6.32. The first-order valence-corrected chi connectivity index (χ1v) is 12.0. The fourth-order valence-electron chi connectivity index (χ4n) is 3.93. The summed E-state index contributed by atoms with van der Waals surface area (Å²) in [7, 11) is 1.86. The highest BCUT2D eigenvalue weighted by Gasteiger charge is 2.18. The summed E-state index contributed by atoms with van der Waals surface area (Å²) in [4.78, 5) is 21.8. The molecule has 2 N–H and O–H groups in total. The normalized spacial score (nSPS) is 14.8. The Balaban J connectivity index is 1.33. The number of ether oxygens (including phenoxy) is 1. The molecule has 12 heteroatoms. The predicted octanol–water partition coefficient (Wildman–Crippen LogP) is 3.87. The number of hydrogen-bond acceptors (Lipinski definition) is 8. The van der Waals surface area contributed by atoms with Gasteiger partial charge in [0.2, 0.25) is 5.91 Å². The number of morpholine rings is 1. The monoisotopic (exact) mass is 520 g/mol. The zero-order chi connectivity index (χ0) is 25.8. The molecule has 0 radical (unpaired) electrons. The number of amides is 1. The Morgan fingerprint density at radius 1 is 1.27 bits per heavy atom. The topological polar surface area (TPSA) is 127 Å². The van der Waals surface area contributed by atoms with Crippen molar-refractivity contribution in [2.45, 2.75) is 6.42 Å². The number of carbonyl (C=O) groups excluding carboxylic acids is 1. The highest BCUT2D eigenvalue weighted by Crippen LogP contribution is 2.31. The van der Waals surface area contributed by atoms with E-state index in [2.05, 4.69) is 37.2 Å². The number of pyridine rings is 1. The number of aromatic nitrogens is 6. The van der Waals surface area contributed by atoms with Gasteiger partial charge in [-0.05, 0) is 12.1 Å². The molecule has 1 fully saturated rings. The van der Waals surface area contributed by atoms with Crippen LogP contribution in [0.25, 0.3) is 33.6 Å². The maximum Gasteiger partial charge on any atom is 0.320 e. The van der Waals surface area contributed by atoms with E-state index in [1.165, 1.54) is 0 Å². The molecule has 1 aliphatic heterocycles. The van der Waals surface area contributed by atoms with Crippen LogP contribution in [0, 0.1) is 0 Å². The van der Waals surface area contributed by atoms with E-state index >= 15 is 0 Å². The summed E-state index contributed by atoms with van der Waals surface area (Å²) >= 11 is 6.50. The molecule has 0 bridgehead atoms. The standard InChI is InChI=1S/C25H25ClN8O3/c1-3-4-21(20(26)5-6-22(35)34-7-9-36-10-8-34)30-25-32-31-24(37-25)19-14-28-23-18(19)11-16(12-27-23)17-13-29-33(2)15-17/h3-5,11-15H,1,6-10H2,2H3,(H,27,28)(H,30,32)/b20-5+,21-4+. The van der Waals surface area contributed by atoms with Gasteiger partial charge in [0.25, 0.3) is 5.89 Å². The Morgan fingerprint density at radius 2 is 2.11 bits per heavy atom. The van der Waals surface area contributed by atoms with Crippen LogP contribution in [0.15, 0.2) is 70.8 Å². The highest BCUT2D eigenvalue weighted by atomic mass is 35.5. The van der Waals surface area contributed by atoms with Crippen molar-refractivity contribution in [3.05, 3.63) is 66.4 Å². The van der Waals surface area contributed by atoms with Crippen LogP contribution in [0.4, 0.5) is 6.01 Å². The molecule has 11 nitrogen and oxygen atoms in total. The number of allylic oxidation sites excluding steroid dienone is 3. The van der Waals surface area contributed by atoms with Crippen LogP contribution < -0.4 is 5.32 Å². The van der Waals surface area contributed by atoms with Crippen molar-refractivity contribution in [3.8, 4) is 22.6 Å². The fourth-order valence-corrected chi connectivity index (χ4v) is 4.12. The van der Waals surface area contributed by atoms with Gasteiger partial charge in [-0.25, -0.2) is 4.98 Å². The summed E-state index contributed by atoms with van der Waals surface area (Å²) in [6.07, 6.45) is 12.3. The van der Waals surface area contributed by atoms with Crippen LogP contribution in [0.3, 0.4) is 0 Å². The van der Waals surface area contributed by atoms with Gasteiger partial charge >= 0.3 is 6.01 Å². The summed E-state index contributed by atoms with van der Waals surface area (Å²) < 4.78 is 12.9. The molecule has 1 aliphatic rings. The van der Waals surface area contributed by atoms with Crippen LogP contribution >= 0.6 is 11.6 Å². The molecule has 0 saturated carbocycles. The third-order valence-corrected chi connectivity index (χ3v) is 6.19. The number of nitrogens with one attached hydrogen (secondary N) is 2. The van der Waals surface area contributed by atoms with Gasteiger partial charge in [0.1, 0.15) is 5.65 Å². The van der Waals surface area contributed by atoms with Gasteiger partial charge < -0.3 is 24.4 Å². The zero-order valence-corrected chi connectivity index (χ0v) is 20.9. The largest absolute Gasteiger partial charge is 0.403 e. The quantitative estimate of drug-likeness (QED) is 0.335. The number of fused-ring (bicyclic) bond motifs is 1. The summed E-state index contributed by atoms with van der Waals surface area (Å²) in [6, 6.07) is 2.14. The Hall–Kier alpha value is -4.22. The smallest absolute Gasteiger partial charge is 0.320 e. The molecule has 4 aromatic rings. The number of H-pyrrole nitrogens is 1. The summed E-state index contributed by atoms with van der Waals surface area (Å²) in [6.45, 7) is 5.98. The molecular formula is C25H25ClN8O3. The minimum atomic E-state index is -0.0157. The molecule has 0 aromatic carbocycles. The van der Waals surface area contributed by atoms with E-state index in [1.807, 2.05) is 19.3 Å². The molecular weight excluding hydrogens is 496 g/mol. The molecule has 4 aromatic heterocycles. The molecule has 190 valence electrons. The van der Waals surface area contributed by atoms with Crippen LogP contribution in [0.2, 0.25) is 0 Å². The van der Waals surface area contributed by atoms with Gasteiger partial charge in [-0.2, -0.15) is 5.10 Å². The maximum absolute atomic E-state index is 12.5. The second kappa shape index (κ2) is 10.8. The number of halogens is 1. The first-order valence-electron chi connectivity index (χ1n) is 11.6. The lowest BCUT2D eigenvalue weighted by Crippen LogP contribution is -2.40. The third kappa shape index (κ3) is 5.47. The predicted molar refractivity (Wildman–Crippen MR) is 139 cm³/mol. The van der Waals surface area contributed by atoms with Gasteiger partial charge in [0, 0.05) is 61.7 Å². The number of carbonyl (C=O) groups is 1. The zero-order valence-electron chi connectivity index (χ0n) is 20.1. The number of hydrogen-bond donors (Lipinski definition) is 2. The van der Waals surface area contributed by atoms with Crippen molar-refractivity contribution in [1.29, 1.82) is 0 Å². The summed E-state index contributed by atoms with van der Waals surface area (Å²) in [5.41, 5.74) is 3.74. The molecule has 0 unspecified atom stereocenters. The molecule has 5 rings (SSSR count). The molecule has 1 saturated heterocycles. The van der Waals surface area contributed by atoms with E-state index in [1.54, 1.807) is 46.4 Å². The van der Waals surface area contributed by atoms with Crippen molar-refractivity contribution in [2.24, 2.45) is 7.05 Å². The molecule has 37 heavy (non-hydrogen) atoms. The van der Waals surface area contributed by atoms with Gasteiger partial charge in [-0.15, -0.1) is 5.10 Å². The molecule has 1 amide bonds. The number of nitrogens with zero attached hydrogens (tertiary/aromatic N) is 6. The van der Waals surface area contributed by atoms with Crippen molar-refractivity contribution in [1.82, 2.24) is 34.8 Å². The van der Waals surface area contributed by atoms with Crippen molar-refractivity contribution < 1.29 is 13.9 Å². The van der Waals surface area contributed by atoms with Crippen molar-refractivity contribution >= 4 is 34.6 Å². The lowest BCUT2D eigenvalue weighted by atomic mass is 10.1. The molecule has 0 spiro atoms. The van der Waals surface area contributed by atoms with Gasteiger partial charge in [-0.3, -0.25) is 9.48 Å². The van der Waals surface area contributed by atoms with Gasteiger partial charge in [0.05, 0.1) is 35.7 Å².